The highest BCUT2D eigenvalue weighted by atomic mass is 16.6. The molecule has 0 saturated carbocycles. The van der Waals surface area contributed by atoms with Gasteiger partial charge in [-0.1, -0.05) is 36.4 Å². The Morgan fingerprint density at radius 2 is 1.58 bits per heavy atom. The Morgan fingerprint density at radius 3 is 2.26 bits per heavy atom. The van der Waals surface area contributed by atoms with Gasteiger partial charge < -0.3 is 19.9 Å². The molecule has 12 heteroatoms. The number of hydrogen-bond acceptors (Lipinski definition) is 9. The molecule has 4 rings (SSSR count). The number of nitro benzene ring substituents is 1. The highest BCUT2D eigenvalue weighted by molar-refractivity contribution is 6.05. The van der Waals surface area contributed by atoms with Crippen LogP contribution >= 0.6 is 0 Å². The number of phenols is 1. The standard InChI is InChI=1S/C31H24N4O8/c1-42-28-17-20(11-16-27(28)43-31(39)22-12-14-24(15-13-22)35(40)41)19-32-34-30(38)25(18-23-9-5-6-10-26(23)36)33-29(37)21-7-3-2-4-8-21/h2-19,36H,1H3,(H,33,37)(H,34,38). The van der Waals surface area contributed by atoms with E-state index in [9.17, 15) is 29.6 Å². The van der Waals surface area contributed by atoms with Gasteiger partial charge in [0.25, 0.3) is 17.5 Å². The summed E-state index contributed by atoms with van der Waals surface area (Å²) in [4.78, 5) is 48.5. The summed E-state index contributed by atoms with van der Waals surface area (Å²) in [5.74, 6) is -1.87. The van der Waals surface area contributed by atoms with Gasteiger partial charge in [-0.15, -0.1) is 0 Å². The lowest BCUT2D eigenvalue weighted by atomic mass is 10.1. The second kappa shape index (κ2) is 13.9. The number of ether oxygens (including phenoxy) is 2. The molecule has 0 heterocycles. The Labute approximate surface area is 245 Å². The van der Waals surface area contributed by atoms with Crippen LogP contribution in [0.3, 0.4) is 0 Å². The number of rotatable bonds is 10. The van der Waals surface area contributed by atoms with Crippen molar-refractivity contribution in [1.29, 1.82) is 0 Å². The van der Waals surface area contributed by atoms with Crippen LogP contribution in [0.1, 0.15) is 31.8 Å². The van der Waals surface area contributed by atoms with Gasteiger partial charge in [0.1, 0.15) is 11.4 Å². The summed E-state index contributed by atoms with van der Waals surface area (Å²) in [6.45, 7) is 0. The zero-order chi connectivity index (χ0) is 30.8. The molecule has 4 aromatic rings. The van der Waals surface area contributed by atoms with Gasteiger partial charge in [0, 0.05) is 23.3 Å². The number of carbonyl (C=O) groups excluding carboxylic acids is 3. The van der Waals surface area contributed by atoms with Gasteiger partial charge in [-0.05, 0) is 60.2 Å². The van der Waals surface area contributed by atoms with Crippen LogP contribution in [-0.4, -0.2) is 41.1 Å². The van der Waals surface area contributed by atoms with E-state index in [0.717, 1.165) is 0 Å². The minimum absolute atomic E-state index is 0.0866. The average Bonchev–Trinajstić information content (AvgIpc) is 3.02. The minimum atomic E-state index is -0.760. The molecule has 0 atom stereocenters. The molecule has 0 saturated heterocycles. The third-order valence-electron chi connectivity index (χ3n) is 5.85. The summed E-state index contributed by atoms with van der Waals surface area (Å²) in [6, 6.07) is 24.0. The fraction of sp³-hybridized carbons (Fsp3) is 0.0323. The number of nitrogens with zero attached hydrogens (tertiary/aromatic N) is 2. The van der Waals surface area contributed by atoms with Crippen LogP contribution in [0.5, 0.6) is 17.2 Å². The van der Waals surface area contributed by atoms with E-state index in [1.165, 1.54) is 61.9 Å². The summed E-state index contributed by atoms with van der Waals surface area (Å²) in [7, 11) is 1.37. The largest absolute Gasteiger partial charge is 0.507 e. The van der Waals surface area contributed by atoms with Gasteiger partial charge in [-0.2, -0.15) is 5.10 Å². The molecule has 0 aliphatic carbocycles. The van der Waals surface area contributed by atoms with E-state index in [2.05, 4.69) is 15.8 Å². The number of phenolic OH excluding ortho intramolecular Hbond substituents is 1. The molecule has 3 N–H and O–H groups in total. The highest BCUT2D eigenvalue weighted by Crippen LogP contribution is 2.28. The summed E-state index contributed by atoms with van der Waals surface area (Å²) in [5, 5.41) is 27.5. The topological polar surface area (TPSA) is 169 Å². The number of nitro groups is 1. The molecule has 0 unspecified atom stereocenters. The molecular weight excluding hydrogens is 556 g/mol. The molecule has 0 aromatic heterocycles. The lowest BCUT2D eigenvalue weighted by Crippen LogP contribution is -2.32. The van der Waals surface area contributed by atoms with Gasteiger partial charge in [-0.25, -0.2) is 10.2 Å². The summed E-state index contributed by atoms with van der Waals surface area (Å²) >= 11 is 0. The molecule has 0 radical (unpaired) electrons. The van der Waals surface area contributed by atoms with Gasteiger partial charge in [-0.3, -0.25) is 19.7 Å². The average molecular weight is 581 g/mol. The number of methoxy groups -OCH3 is 1. The molecule has 0 fully saturated rings. The lowest BCUT2D eigenvalue weighted by molar-refractivity contribution is -0.384. The fourth-order valence-electron chi connectivity index (χ4n) is 3.66. The smallest absolute Gasteiger partial charge is 0.343 e. The van der Waals surface area contributed by atoms with Crippen LogP contribution in [0.2, 0.25) is 0 Å². The normalized spacial score (nSPS) is 11.0. The van der Waals surface area contributed by atoms with E-state index in [4.69, 9.17) is 9.47 Å². The Balaban J connectivity index is 1.47. The molecule has 0 aliphatic rings. The van der Waals surface area contributed by atoms with Crippen molar-refractivity contribution in [1.82, 2.24) is 10.7 Å². The van der Waals surface area contributed by atoms with E-state index in [1.54, 1.807) is 54.6 Å². The molecule has 0 bridgehead atoms. The SMILES string of the molecule is COc1cc(C=NNC(=O)C(=Cc2ccccc2O)NC(=O)c2ccccc2)ccc1OC(=O)c1ccc([N+](=O)[O-])cc1. The zero-order valence-electron chi connectivity index (χ0n) is 22.6. The third kappa shape index (κ3) is 7.89. The predicted molar refractivity (Wildman–Crippen MR) is 157 cm³/mol. The Kier molecular flexibility index (Phi) is 9.56. The van der Waals surface area contributed by atoms with Crippen LogP contribution in [-0.2, 0) is 4.79 Å². The Morgan fingerprint density at radius 1 is 0.884 bits per heavy atom. The molecular formula is C31H24N4O8. The number of amides is 2. The number of esters is 1. The van der Waals surface area contributed by atoms with Crippen LogP contribution in [0.15, 0.2) is 108 Å². The second-order valence-corrected chi connectivity index (χ2v) is 8.74. The van der Waals surface area contributed by atoms with E-state index in [1.807, 2.05) is 0 Å². The van der Waals surface area contributed by atoms with Crippen LogP contribution in [0, 0.1) is 10.1 Å². The highest BCUT2D eigenvalue weighted by Gasteiger charge is 2.16. The quantitative estimate of drug-likeness (QED) is 0.0617. The number of hydrogen-bond donors (Lipinski definition) is 3. The molecule has 2 amide bonds. The molecule has 216 valence electrons. The van der Waals surface area contributed by atoms with Crippen molar-refractivity contribution >= 4 is 35.8 Å². The van der Waals surface area contributed by atoms with Crippen molar-refractivity contribution in [2.45, 2.75) is 0 Å². The van der Waals surface area contributed by atoms with Gasteiger partial charge in [0.2, 0.25) is 0 Å². The number of nitrogens with one attached hydrogen (secondary N) is 2. The molecule has 43 heavy (non-hydrogen) atoms. The number of aromatic hydroxyl groups is 1. The maximum absolute atomic E-state index is 13.0. The lowest BCUT2D eigenvalue weighted by Gasteiger charge is -2.10. The monoisotopic (exact) mass is 580 g/mol. The molecule has 0 aliphatic heterocycles. The van der Waals surface area contributed by atoms with Gasteiger partial charge in [0.15, 0.2) is 11.5 Å². The predicted octanol–water partition coefficient (Wildman–Crippen LogP) is 4.45. The van der Waals surface area contributed by atoms with Crippen molar-refractivity contribution in [2.75, 3.05) is 7.11 Å². The van der Waals surface area contributed by atoms with Gasteiger partial charge >= 0.3 is 5.97 Å². The minimum Gasteiger partial charge on any atom is -0.507 e. The molecule has 0 spiro atoms. The molecule has 12 nitrogen and oxygen atoms in total. The van der Waals surface area contributed by atoms with E-state index < -0.39 is 22.7 Å². The molecule has 4 aromatic carbocycles. The summed E-state index contributed by atoms with van der Waals surface area (Å²) < 4.78 is 10.7. The van der Waals surface area contributed by atoms with Crippen LogP contribution in [0.25, 0.3) is 6.08 Å². The van der Waals surface area contributed by atoms with Crippen molar-refractivity contribution < 1.29 is 33.9 Å². The Hall–Kier alpha value is -6.30. The van der Waals surface area contributed by atoms with E-state index >= 15 is 0 Å². The first kappa shape index (κ1) is 29.7. The Bertz CT molecular complexity index is 1720. The summed E-state index contributed by atoms with van der Waals surface area (Å²) in [6.07, 6.45) is 2.62. The van der Waals surface area contributed by atoms with Crippen LogP contribution < -0.4 is 20.2 Å². The van der Waals surface area contributed by atoms with Crippen LogP contribution in [0.4, 0.5) is 5.69 Å². The van der Waals surface area contributed by atoms with E-state index in [0.29, 0.717) is 16.7 Å². The van der Waals surface area contributed by atoms with Gasteiger partial charge in [0.05, 0.1) is 23.8 Å². The number of para-hydroxylation sites is 1. The number of hydrazone groups is 1. The maximum atomic E-state index is 13.0. The number of benzene rings is 4. The maximum Gasteiger partial charge on any atom is 0.343 e. The number of carbonyl (C=O) groups is 3. The first-order chi connectivity index (χ1) is 20.7. The fourth-order valence-corrected chi connectivity index (χ4v) is 3.66. The first-order valence-electron chi connectivity index (χ1n) is 12.6. The second-order valence-electron chi connectivity index (χ2n) is 8.74. The third-order valence-corrected chi connectivity index (χ3v) is 5.85. The first-order valence-corrected chi connectivity index (χ1v) is 12.6. The van der Waals surface area contributed by atoms with Crippen molar-refractivity contribution in [3.05, 3.63) is 135 Å². The summed E-state index contributed by atoms with van der Waals surface area (Å²) in [5.41, 5.74) is 3.20. The van der Waals surface area contributed by atoms with Crippen molar-refractivity contribution in [2.24, 2.45) is 5.10 Å². The number of non-ortho nitro benzene ring substituents is 1. The zero-order valence-corrected chi connectivity index (χ0v) is 22.6. The van der Waals surface area contributed by atoms with Crippen molar-refractivity contribution in [3.63, 3.8) is 0 Å². The van der Waals surface area contributed by atoms with E-state index in [-0.39, 0.29) is 34.2 Å². The van der Waals surface area contributed by atoms with Crippen molar-refractivity contribution in [3.8, 4) is 17.2 Å².